The standard InChI is InChI=1S/C15H20N6O2/c1-21(2)6-5-16-14-9-18-20-15(19-14)17-8-11-3-4-12-13(7-11)23-10-22-12/h3-4,7,9H,5-6,8,10H2,1-2H3,(H2,16,17,19,20). The zero-order valence-electron chi connectivity index (χ0n) is 13.2. The van der Waals surface area contributed by atoms with E-state index in [1.54, 1.807) is 6.20 Å². The Kier molecular flexibility index (Phi) is 4.72. The second-order valence-corrected chi connectivity index (χ2v) is 5.44. The summed E-state index contributed by atoms with van der Waals surface area (Å²) in [5, 5.41) is 14.3. The second kappa shape index (κ2) is 7.10. The van der Waals surface area contributed by atoms with Crippen LogP contribution in [0.5, 0.6) is 11.5 Å². The number of hydrogen-bond acceptors (Lipinski definition) is 8. The van der Waals surface area contributed by atoms with Crippen LogP contribution in [-0.2, 0) is 6.54 Å². The van der Waals surface area contributed by atoms with E-state index in [-0.39, 0.29) is 6.79 Å². The van der Waals surface area contributed by atoms with Crippen molar-refractivity contribution in [1.82, 2.24) is 20.1 Å². The van der Waals surface area contributed by atoms with Crippen LogP contribution in [0.2, 0.25) is 0 Å². The van der Waals surface area contributed by atoms with Crippen LogP contribution in [0.1, 0.15) is 5.56 Å². The number of rotatable bonds is 7. The van der Waals surface area contributed by atoms with E-state index in [4.69, 9.17) is 9.47 Å². The predicted octanol–water partition coefficient (Wildman–Crippen LogP) is 1.19. The molecular weight excluding hydrogens is 296 g/mol. The molecule has 0 amide bonds. The van der Waals surface area contributed by atoms with Crippen LogP contribution in [0.15, 0.2) is 24.4 Å². The van der Waals surface area contributed by atoms with Gasteiger partial charge in [-0.15, -0.1) is 5.10 Å². The Hall–Kier alpha value is -2.61. The van der Waals surface area contributed by atoms with Crippen molar-refractivity contribution in [1.29, 1.82) is 0 Å². The van der Waals surface area contributed by atoms with Crippen molar-refractivity contribution in [2.75, 3.05) is 44.6 Å². The number of anilines is 2. The molecule has 0 aliphatic carbocycles. The number of hydrogen-bond donors (Lipinski definition) is 2. The molecule has 0 bridgehead atoms. The number of fused-ring (bicyclic) bond motifs is 1. The van der Waals surface area contributed by atoms with Crippen molar-refractivity contribution in [2.45, 2.75) is 6.54 Å². The van der Waals surface area contributed by atoms with Gasteiger partial charge < -0.3 is 25.0 Å². The van der Waals surface area contributed by atoms with Crippen LogP contribution < -0.4 is 20.1 Å². The van der Waals surface area contributed by atoms with E-state index < -0.39 is 0 Å². The number of aromatic nitrogens is 3. The SMILES string of the molecule is CN(C)CCNc1cnnc(NCc2ccc3c(c2)OCO3)n1. The van der Waals surface area contributed by atoms with Gasteiger partial charge in [-0.1, -0.05) is 6.07 Å². The molecule has 0 saturated carbocycles. The Bertz CT molecular complexity index is 664. The predicted molar refractivity (Wildman–Crippen MR) is 86.8 cm³/mol. The molecule has 1 aliphatic heterocycles. The number of nitrogens with zero attached hydrogens (tertiary/aromatic N) is 4. The maximum Gasteiger partial charge on any atom is 0.244 e. The van der Waals surface area contributed by atoms with Crippen LogP contribution in [0, 0.1) is 0 Å². The highest BCUT2D eigenvalue weighted by atomic mass is 16.7. The van der Waals surface area contributed by atoms with E-state index in [1.165, 1.54) is 0 Å². The molecular formula is C15H20N6O2. The fourth-order valence-electron chi connectivity index (χ4n) is 2.10. The highest BCUT2D eigenvalue weighted by Gasteiger charge is 2.13. The van der Waals surface area contributed by atoms with Gasteiger partial charge in [-0.25, -0.2) is 0 Å². The molecule has 2 aromatic rings. The summed E-state index contributed by atoms with van der Waals surface area (Å²) in [6.45, 7) is 2.58. The largest absolute Gasteiger partial charge is 0.454 e. The molecule has 23 heavy (non-hydrogen) atoms. The van der Waals surface area contributed by atoms with Gasteiger partial charge in [0.1, 0.15) is 0 Å². The first kappa shape index (κ1) is 15.3. The molecule has 0 atom stereocenters. The number of ether oxygens (including phenoxy) is 2. The van der Waals surface area contributed by atoms with E-state index in [0.717, 1.165) is 30.2 Å². The molecule has 0 spiro atoms. The van der Waals surface area contributed by atoms with E-state index in [1.807, 2.05) is 32.3 Å². The Balaban J connectivity index is 1.55. The molecule has 8 nitrogen and oxygen atoms in total. The molecule has 1 aromatic heterocycles. The van der Waals surface area contributed by atoms with E-state index in [0.29, 0.717) is 18.3 Å². The zero-order valence-corrected chi connectivity index (χ0v) is 13.2. The van der Waals surface area contributed by atoms with E-state index >= 15 is 0 Å². The lowest BCUT2D eigenvalue weighted by atomic mass is 10.2. The van der Waals surface area contributed by atoms with Crippen molar-refractivity contribution in [2.24, 2.45) is 0 Å². The van der Waals surface area contributed by atoms with Crippen molar-refractivity contribution in [3.05, 3.63) is 30.0 Å². The molecule has 122 valence electrons. The van der Waals surface area contributed by atoms with Gasteiger partial charge in [0.05, 0.1) is 6.20 Å². The van der Waals surface area contributed by atoms with Gasteiger partial charge in [-0.3, -0.25) is 0 Å². The van der Waals surface area contributed by atoms with E-state index in [2.05, 4.69) is 30.7 Å². The summed E-state index contributed by atoms with van der Waals surface area (Å²) in [5.41, 5.74) is 1.06. The van der Waals surface area contributed by atoms with Gasteiger partial charge in [-0.05, 0) is 31.8 Å². The normalized spacial score (nSPS) is 12.5. The first-order valence-corrected chi connectivity index (χ1v) is 7.41. The van der Waals surface area contributed by atoms with Gasteiger partial charge in [0, 0.05) is 19.6 Å². The van der Waals surface area contributed by atoms with Crippen molar-refractivity contribution < 1.29 is 9.47 Å². The summed E-state index contributed by atoms with van der Waals surface area (Å²) in [4.78, 5) is 6.48. The van der Waals surface area contributed by atoms with Crippen LogP contribution in [-0.4, -0.2) is 54.1 Å². The zero-order chi connectivity index (χ0) is 16.1. The summed E-state index contributed by atoms with van der Waals surface area (Å²) in [6.07, 6.45) is 1.61. The third-order valence-corrected chi connectivity index (χ3v) is 3.31. The topological polar surface area (TPSA) is 84.4 Å². The molecule has 0 saturated heterocycles. The quantitative estimate of drug-likeness (QED) is 0.788. The van der Waals surface area contributed by atoms with E-state index in [9.17, 15) is 0 Å². The fourth-order valence-corrected chi connectivity index (χ4v) is 2.10. The summed E-state index contributed by atoms with van der Waals surface area (Å²) in [6, 6.07) is 5.83. The lowest BCUT2D eigenvalue weighted by Gasteiger charge is -2.11. The molecule has 1 aliphatic rings. The van der Waals surface area contributed by atoms with Crippen LogP contribution in [0.3, 0.4) is 0 Å². The smallest absolute Gasteiger partial charge is 0.244 e. The lowest BCUT2D eigenvalue weighted by molar-refractivity contribution is 0.174. The monoisotopic (exact) mass is 316 g/mol. The second-order valence-electron chi connectivity index (χ2n) is 5.44. The van der Waals surface area contributed by atoms with Crippen LogP contribution in [0.4, 0.5) is 11.8 Å². The first-order chi connectivity index (χ1) is 11.2. The number of benzene rings is 1. The highest BCUT2D eigenvalue weighted by molar-refractivity contribution is 5.45. The van der Waals surface area contributed by atoms with Crippen LogP contribution in [0.25, 0.3) is 0 Å². The maximum atomic E-state index is 5.37. The van der Waals surface area contributed by atoms with Crippen molar-refractivity contribution in [3.8, 4) is 11.5 Å². The summed E-state index contributed by atoms with van der Waals surface area (Å²) in [7, 11) is 4.05. The van der Waals surface area contributed by atoms with Gasteiger partial charge in [0.25, 0.3) is 0 Å². The molecule has 0 fully saturated rings. The molecule has 0 unspecified atom stereocenters. The molecule has 3 rings (SSSR count). The average molecular weight is 316 g/mol. The van der Waals surface area contributed by atoms with Gasteiger partial charge in [-0.2, -0.15) is 10.1 Å². The first-order valence-electron chi connectivity index (χ1n) is 7.41. The fraction of sp³-hybridized carbons (Fsp3) is 0.400. The third-order valence-electron chi connectivity index (χ3n) is 3.31. The summed E-state index contributed by atoms with van der Waals surface area (Å²) in [5.74, 6) is 2.73. The molecule has 0 radical (unpaired) electrons. The van der Waals surface area contributed by atoms with Crippen molar-refractivity contribution in [3.63, 3.8) is 0 Å². The maximum absolute atomic E-state index is 5.37. The minimum absolute atomic E-state index is 0.278. The van der Waals surface area contributed by atoms with Crippen molar-refractivity contribution >= 4 is 11.8 Å². The van der Waals surface area contributed by atoms with Gasteiger partial charge >= 0.3 is 0 Å². The molecule has 2 N–H and O–H groups in total. The Morgan fingerprint density at radius 1 is 1.17 bits per heavy atom. The summed E-state index contributed by atoms with van der Waals surface area (Å²) >= 11 is 0. The Labute approximate surface area is 134 Å². The van der Waals surface area contributed by atoms with Gasteiger partial charge in [0.15, 0.2) is 17.3 Å². The molecule has 8 heteroatoms. The number of nitrogens with one attached hydrogen (secondary N) is 2. The molecule has 1 aromatic carbocycles. The highest BCUT2D eigenvalue weighted by Crippen LogP contribution is 2.32. The minimum Gasteiger partial charge on any atom is -0.454 e. The average Bonchev–Trinajstić information content (AvgIpc) is 3.00. The Morgan fingerprint density at radius 3 is 2.91 bits per heavy atom. The molecule has 2 heterocycles. The van der Waals surface area contributed by atoms with Crippen LogP contribution >= 0.6 is 0 Å². The number of likely N-dealkylation sites (N-methyl/N-ethyl adjacent to an activating group) is 1. The third kappa shape index (κ3) is 4.19. The lowest BCUT2D eigenvalue weighted by Crippen LogP contribution is -2.21. The Morgan fingerprint density at radius 2 is 2.04 bits per heavy atom. The minimum atomic E-state index is 0.278. The summed E-state index contributed by atoms with van der Waals surface area (Å²) < 4.78 is 10.7. The van der Waals surface area contributed by atoms with Gasteiger partial charge in [0.2, 0.25) is 12.7 Å².